The van der Waals surface area contributed by atoms with E-state index in [1.165, 1.54) is 20.8 Å². The van der Waals surface area contributed by atoms with Crippen molar-refractivity contribution in [2.75, 3.05) is 6.61 Å². The lowest BCUT2D eigenvalue weighted by Crippen LogP contribution is -2.40. The van der Waals surface area contributed by atoms with Gasteiger partial charge in [-0.2, -0.15) is 0 Å². The summed E-state index contributed by atoms with van der Waals surface area (Å²) in [6.07, 6.45) is -2.58. The quantitative estimate of drug-likeness (QED) is 0.534. The summed E-state index contributed by atoms with van der Waals surface area (Å²) in [7, 11) is 0. The van der Waals surface area contributed by atoms with E-state index in [0.29, 0.717) is 0 Å². The molecule has 0 N–H and O–H groups in total. The third-order valence-corrected chi connectivity index (χ3v) is 2.60. The Kier molecular flexibility index (Phi) is 5.29. The molecular weight excluding hydrogens is 256 g/mol. The van der Waals surface area contributed by atoms with Crippen molar-refractivity contribution in [1.82, 2.24) is 0 Å². The van der Waals surface area contributed by atoms with Gasteiger partial charge in [0.2, 0.25) is 0 Å². The Labute approximate surface area is 111 Å². The standard InChI is InChI=1S/C12H18O7/c1-6-11(18-8(3)14)12(19-9(4)15)10(17-6)5-16-7(2)13/h6,10-12H,5H2,1-4H3/t6?,10-,11+,12+/m0/s1. The largest absolute Gasteiger partial charge is 0.463 e. The molecule has 0 aromatic rings. The Morgan fingerprint density at radius 1 is 0.947 bits per heavy atom. The van der Waals surface area contributed by atoms with Gasteiger partial charge in [-0.05, 0) is 6.92 Å². The van der Waals surface area contributed by atoms with Crippen LogP contribution in [0.2, 0.25) is 0 Å². The molecule has 0 aromatic heterocycles. The third kappa shape index (κ3) is 4.51. The molecule has 7 nitrogen and oxygen atoms in total. The molecule has 0 radical (unpaired) electrons. The van der Waals surface area contributed by atoms with Gasteiger partial charge < -0.3 is 18.9 Å². The van der Waals surface area contributed by atoms with Gasteiger partial charge in [0.1, 0.15) is 12.7 Å². The van der Waals surface area contributed by atoms with E-state index in [1.54, 1.807) is 6.92 Å². The first-order valence-corrected chi connectivity index (χ1v) is 5.94. The second kappa shape index (κ2) is 6.51. The zero-order valence-electron chi connectivity index (χ0n) is 11.4. The molecule has 1 saturated heterocycles. The van der Waals surface area contributed by atoms with Gasteiger partial charge in [0.15, 0.2) is 12.2 Å². The molecule has 7 heteroatoms. The predicted octanol–water partition coefficient (Wildman–Crippen LogP) is 0.200. The molecule has 1 aliphatic heterocycles. The van der Waals surface area contributed by atoms with Crippen molar-refractivity contribution < 1.29 is 33.3 Å². The number of hydrogen-bond acceptors (Lipinski definition) is 7. The molecule has 108 valence electrons. The van der Waals surface area contributed by atoms with Gasteiger partial charge in [0.25, 0.3) is 0 Å². The van der Waals surface area contributed by atoms with Crippen molar-refractivity contribution in [1.29, 1.82) is 0 Å². The van der Waals surface area contributed by atoms with Gasteiger partial charge in [0, 0.05) is 20.8 Å². The van der Waals surface area contributed by atoms with Crippen LogP contribution in [-0.4, -0.2) is 48.9 Å². The maximum Gasteiger partial charge on any atom is 0.303 e. The van der Waals surface area contributed by atoms with Crippen molar-refractivity contribution >= 4 is 17.9 Å². The van der Waals surface area contributed by atoms with Crippen LogP contribution in [0.5, 0.6) is 0 Å². The van der Waals surface area contributed by atoms with E-state index in [4.69, 9.17) is 18.9 Å². The molecule has 1 rings (SSSR count). The lowest BCUT2D eigenvalue weighted by molar-refractivity contribution is -0.165. The summed E-state index contributed by atoms with van der Waals surface area (Å²) in [4.78, 5) is 32.9. The minimum Gasteiger partial charge on any atom is -0.463 e. The highest BCUT2D eigenvalue weighted by Gasteiger charge is 2.47. The average molecular weight is 274 g/mol. The third-order valence-electron chi connectivity index (χ3n) is 2.60. The highest BCUT2D eigenvalue weighted by Crippen LogP contribution is 2.27. The van der Waals surface area contributed by atoms with E-state index in [-0.39, 0.29) is 6.61 Å². The molecule has 0 bridgehead atoms. The summed E-state index contributed by atoms with van der Waals surface area (Å²) in [5, 5.41) is 0. The average Bonchev–Trinajstić information content (AvgIpc) is 2.53. The first kappa shape index (κ1) is 15.4. The van der Waals surface area contributed by atoms with Gasteiger partial charge in [-0.15, -0.1) is 0 Å². The van der Waals surface area contributed by atoms with Crippen LogP contribution in [0.1, 0.15) is 27.7 Å². The first-order valence-electron chi connectivity index (χ1n) is 5.94. The number of rotatable bonds is 4. The van der Waals surface area contributed by atoms with Gasteiger partial charge in [-0.1, -0.05) is 0 Å². The van der Waals surface area contributed by atoms with Crippen LogP contribution < -0.4 is 0 Å². The highest BCUT2D eigenvalue weighted by atomic mass is 16.6. The fourth-order valence-corrected chi connectivity index (χ4v) is 1.93. The molecule has 0 saturated carbocycles. The summed E-state index contributed by atoms with van der Waals surface area (Å²) in [5.41, 5.74) is 0. The number of carbonyl (C=O) groups excluding carboxylic acids is 3. The molecular formula is C12H18O7. The molecule has 0 spiro atoms. The predicted molar refractivity (Wildman–Crippen MR) is 62.1 cm³/mol. The maximum atomic E-state index is 11.1. The van der Waals surface area contributed by atoms with Crippen molar-refractivity contribution in [3.63, 3.8) is 0 Å². The zero-order chi connectivity index (χ0) is 14.6. The van der Waals surface area contributed by atoms with Crippen molar-refractivity contribution in [3.05, 3.63) is 0 Å². The summed E-state index contributed by atoms with van der Waals surface area (Å²) in [5.74, 6) is -1.48. The molecule has 1 unspecified atom stereocenters. The molecule has 0 aromatic carbocycles. The summed E-state index contributed by atoms with van der Waals surface area (Å²) < 4.78 is 20.6. The number of carbonyl (C=O) groups is 3. The fraction of sp³-hybridized carbons (Fsp3) is 0.750. The van der Waals surface area contributed by atoms with Crippen LogP contribution in [0.4, 0.5) is 0 Å². The van der Waals surface area contributed by atoms with Crippen molar-refractivity contribution in [2.45, 2.75) is 52.1 Å². The van der Waals surface area contributed by atoms with E-state index in [0.717, 1.165) is 0 Å². The van der Waals surface area contributed by atoms with Crippen LogP contribution >= 0.6 is 0 Å². The van der Waals surface area contributed by atoms with E-state index in [2.05, 4.69) is 0 Å². The molecule has 19 heavy (non-hydrogen) atoms. The molecule has 0 aliphatic carbocycles. The Bertz CT molecular complexity index is 365. The lowest BCUT2D eigenvalue weighted by Gasteiger charge is -2.22. The number of hydrogen-bond donors (Lipinski definition) is 0. The summed E-state index contributed by atoms with van der Waals surface area (Å²) in [6.45, 7) is 5.41. The van der Waals surface area contributed by atoms with Crippen LogP contribution in [0.3, 0.4) is 0 Å². The molecule has 0 amide bonds. The Balaban J connectivity index is 2.76. The minimum absolute atomic E-state index is 0.0601. The van der Waals surface area contributed by atoms with Gasteiger partial charge in [-0.25, -0.2) is 0 Å². The lowest BCUT2D eigenvalue weighted by atomic mass is 10.1. The Morgan fingerprint density at radius 3 is 1.95 bits per heavy atom. The fourth-order valence-electron chi connectivity index (χ4n) is 1.93. The second-order valence-corrected chi connectivity index (χ2v) is 4.33. The van der Waals surface area contributed by atoms with Crippen LogP contribution in [0, 0.1) is 0 Å². The monoisotopic (exact) mass is 274 g/mol. The van der Waals surface area contributed by atoms with Crippen molar-refractivity contribution in [3.8, 4) is 0 Å². The van der Waals surface area contributed by atoms with Crippen LogP contribution in [0.15, 0.2) is 0 Å². The smallest absolute Gasteiger partial charge is 0.303 e. The molecule has 1 fully saturated rings. The van der Waals surface area contributed by atoms with E-state index < -0.39 is 42.3 Å². The topological polar surface area (TPSA) is 88.1 Å². The van der Waals surface area contributed by atoms with Crippen LogP contribution in [0.25, 0.3) is 0 Å². The van der Waals surface area contributed by atoms with E-state index >= 15 is 0 Å². The van der Waals surface area contributed by atoms with Gasteiger partial charge in [0.05, 0.1) is 6.10 Å². The van der Waals surface area contributed by atoms with Crippen molar-refractivity contribution in [2.24, 2.45) is 0 Å². The zero-order valence-corrected chi connectivity index (χ0v) is 11.4. The van der Waals surface area contributed by atoms with Crippen LogP contribution in [-0.2, 0) is 33.3 Å². The minimum atomic E-state index is -0.782. The normalized spacial score (nSPS) is 29.7. The van der Waals surface area contributed by atoms with Gasteiger partial charge >= 0.3 is 17.9 Å². The first-order chi connectivity index (χ1) is 8.81. The maximum absolute atomic E-state index is 11.1. The summed E-state index contributed by atoms with van der Waals surface area (Å²) >= 11 is 0. The number of esters is 3. The second-order valence-electron chi connectivity index (χ2n) is 4.33. The number of ether oxygens (including phenoxy) is 4. The van der Waals surface area contributed by atoms with E-state index in [1.807, 2.05) is 0 Å². The van der Waals surface area contributed by atoms with Gasteiger partial charge in [-0.3, -0.25) is 14.4 Å². The van der Waals surface area contributed by atoms with E-state index in [9.17, 15) is 14.4 Å². The molecule has 1 aliphatic rings. The molecule has 1 heterocycles. The highest BCUT2D eigenvalue weighted by molar-refractivity contribution is 5.67. The Morgan fingerprint density at radius 2 is 1.47 bits per heavy atom. The Hall–Kier alpha value is -1.63. The summed E-state index contributed by atoms with van der Waals surface area (Å²) in [6, 6.07) is 0. The SMILES string of the molecule is CC(=O)OC[C@@H]1OC(C)[C@@H](OC(C)=O)[C@@H]1OC(C)=O. The molecule has 4 atom stereocenters.